The van der Waals surface area contributed by atoms with E-state index >= 15 is 0 Å². The molecule has 0 aliphatic rings. The summed E-state index contributed by atoms with van der Waals surface area (Å²) >= 11 is 0. The molecule has 3 aromatic rings. The summed E-state index contributed by atoms with van der Waals surface area (Å²) in [6.45, 7) is 0. The van der Waals surface area contributed by atoms with E-state index in [9.17, 15) is 18.0 Å². The predicted molar refractivity (Wildman–Crippen MR) is 95.9 cm³/mol. The zero-order valence-electron chi connectivity index (χ0n) is 14.2. The molecular formula is C19H12F3N5O. The van der Waals surface area contributed by atoms with Crippen molar-refractivity contribution in [1.29, 1.82) is 5.26 Å². The number of alkyl halides is 3. The van der Waals surface area contributed by atoms with Crippen molar-refractivity contribution in [3.63, 3.8) is 0 Å². The maximum atomic E-state index is 12.6. The van der Waals surface area contributed by atoms with E-state index in [1.54, 1.807) is 24.3 Å². The molecule has 1 heterocycles. The third-order valence-corrected chi connectivity index (χ3v) is 3.65. The van der Waals surface area contributed by atoms with Crippen LogP contribution >= 0.6 is 0 Å². The zero-order chi connectivity index (χ0) is 20.1. The molecule has 0 saturated heterocycles. The van der Waals surface area contributed by atoms with Crippen molar-refractivity contribution in [2.75, 3.05) is 10.6 Å². The lowest BCUT2D eigenvalue weighted by Gasteiger charge is -2.09. The van der Waals surface area contributed by atoms with Gasteiger partial charge in [0.05, 0.1) is 22.8 Å². The minimum absolute atomic E-state index is 0.134. The summed E-state index contributed by atoms with van der Waals surface area (Å²) < 4.78 is 37.7. The number of rotatable bonds is 4. The van der Waals surface area contributed by atoms with Crippen LogP contribution in [0, 0.1) is 11.3 Å². The van der Waals surface area contributed by atoms with Crippen LogP contribution in [0.25, 0.3) is 0 Å². The van der Waals surface area contributed by atoms with Crippen LogP contribution in [0.3, 0.4) is 0 Å². The quantitative estimate of drug-likeness (QED) is 0.698. The largest absolute Gasteiger partial charge is 0.416 e. The van der Waals surface area contributed by atoms with Gasteiger partial charge in [0.25, 0.3) is 5.91 Å². The Morgan fingerprint density at radius 3 is 2.04 bits per heavy atom. The van der Waals surface area contributed by atoms with Crippen molar-refractivity contribution in [1.82, 2.24) is 9.97 Å². The number of aromatic nitrogens is 2. The Labute approximate surface area is 157 Å². The first-order chi connectivity index (χ1) is 13.3. The Morgan fingerprint density at radius 1 is 0.929 bits per heavy atom. The van der Waals surface area contributed by atoms with E-state index in [0.29, 0.717) is 16.9 Å². The van der Waals surface area contributed by atoms with Crippen molar-refractivity contribution >= 4 is 23.2 Å². The predicted octanol–water partition coefficient (Wildman–Crippen LogP) is 4.36. The highest BCUT2D eigenvalue weighted by Crippen LogP contribution is 2.30. The normalized spacial score (nSPS) is 10.8. The second-order valence-electron chi connectivity index (χ2n) is 5.64. The average molecular weight is 383 g/mol. The number of amides is 1. The summed E-state index contributed by atoms with van der Waals surface area (Å²) in [5.41, 5.74) is 0.801. The number of benzene rings is 2. The lowest BCUT2D eigenvalue weighted by Crippen LogP contribution is -2.13. The van der Waals surface area contributed by atoms with E-state index in [0.717, 1.165) is 12.1 Å². The lowest BCUT2D eigenvalue weighted by atomic mass is 10.2. The van der Waals surface area contributed by atoms with Crippen LogP contribution in [0.1, 0.15) is 21.5 Å². The Hall–Kier alpha value is -3.93. The Kier molecular flexibility index (Phi) is 5.22. The van der Waals surface area contributed by atoms with Gasteiger partial charge < -0.3 is 10.6 Å². The van der Waals surface area contributed by atoms with E-state index in [-0.39, 0.29) is 11.5 Å². The summed E-state index contributed by atoms with van der Waals surface area (Å²) in [5, 5.41) is 14.2. The molecule has 0 spiro atoms. The monoisotopic (exact) mass is 383 g/mol. The highest BCUT2D eigenvalue weighted by molar-refractivity contribution is 6.03. The maximum Gasteiger partial charge on any atom is 0.416 e. The molecule has 0 atom stereocenters. The van der Waals surface area contributed by atoms with Gasteiger partial charge in [-0.25, -0.2) is 9.97 Å². The molecule has 0 unspecified atom stereocenters. The van der Waals surface area contributed by atoms with E-state index < -0.39 is 17.6 Å². The summed E-state index contributed by atoms with van der Waals surface area (Å²) in [6.07, 6.45) is -1.82. The molecule has 1 aromatic heterocycles. The fourth-order valence-corrected chi connectivity index (χ4v) is 2.21. The second-order valence-corrected chi connectivity index (χ2v) is 5.64. The number of carbonyl (C=O) groups excluding carboxylic acids is 1. The maximum absolute atomic E-state index is 12.6. The van der Waals surface area contributed by atoms with Crippen LogP contribution < -0.4 is 10.6 Å². The molecule has 0 aliphatic heterocycles. The molecule has 0 aliphatic carbocycles. The van der Waals surface area contributed by atoms with Gasteiger partial charge in [-0.05, 0) is 48.5 Å². The highest BCUT2D eigenvalue weighted by Gasteiger charge is 2.29. The van der Waals surface area contributed by atoms with Gasteiger partial charge in [0, 0.05) is 23.8 Å². The molecule has 0 radical (unpaired) electrons. The van der Waals surface area contributed by atoms with Gasteiger partial charge in [-0.1, -0.05) is 0 Å². The zero-order valence-corrected chi connectivity index (χ0v) is 14.2. The first-order valence-corrected chi connectivity index (χ1v) is 7.93. The summed E-state index contributed by atoms with van der Waals surface area (Å²) in [7, 11) is 0. The van der Waals surface area contributed by atoms with Gasteiger partial charge >= 0.3 is 6.18 Å². The summed E-state index contributed by atoms with van der Waals surface area (Å²) in [5.74, 6) is -0.305. The van der Waals surface area contributed by atoms with Gasteiger partial charge in [0.15, 0.2) is 0 Å². The molecule has 9 heteroatoms. The topological polar surface area (TPSA) is 90.7 Å². The van der Waals surface area contributed by atoms with Crippen molar-refractivity contribution in [2.45, 2.75) is 6.18 Å². The number of hydrogen-bond donors (Lipinski definition) is 2. The van der Waals surface area contributed by atoms with Crippen molar-refractivity contribution in [2.24, 2.45) is 0 Å². The molecule has 140 valence electrons. The van der Waals surface area contributed by atoms with Gasteiger partial charge in [-0.2, -0.15) is 18.4 Å². The van der Waals surface area contributed by atoms with E-state index in [2.05, 4.69) is 20.6 Å². The third kappa shape index (κ3) is 4.62. The average Bonchev–Trinajstić information content (AvgIpc) is 2.69. The van der Waals surface area contributed by atoms with E-state index in [1.807, 2.05) is 6.07 Å². The Bertz CT molecular complexity index is 1010. The second kappa shape index (κ2) is 7.75. The van der Waals surface area contributed by atoms with E-state index in [4.69, 9.17) is 5.26 Å². The molecule has 1 amide bonds. The van der Waals surface area contributed by atoms with Crippen LogP contribution in [0.5, 0.6) is 0 Å². The number of carbonyl (C=O) groups is 1. The number of halogens is 3. The molecule has 0 bridgehead atoms. The molecule has 0 fully saturated rings. The number of nitrogens with one attached hydrogen (secondary N) is 2. The smallest absolute Gasteiger partial charge is 0.324 e. The van der Waals surface area contributed by atoms with Gasteiger partial charge in [0.2, 0.25) is 5.95 Å². The number of nitrogens with zero attached hydrogens (tertiary/aromatic N) is 3. The fraction of sp³-hybridized carbons (Fsp3) is 0.0526. The minimum atomic E-state index is -4.40. The van der Waals surface area contributed by atoms with Crippen molar-refractivity contribution in [3.8, 4) is 6.07 Å². The summed E-state index contributed by atoms with van der Waals surface area (Å²) in [4.78, 5) is 20.2. The van der Waals surface area contributed by atoms with Gasteiger partial charge in [-0.15, -0.1) is 0 Å². The first kappa shape index (κ1) is 18.8. The lowest BCUT2D eigenvalue weighted by molar-refractivity contribution is -0.137. The standard InChI is InChI=1S/C19H12F3N5O/c20-19(21,22)14-3-7-16(8-4-14)27-18-24-10-13(11-25-18)17(28)26-15-5-1-12(9-23)2-6-15/h1-8,10-11H,(H,26,28)(H,24,25,27). The van der Waals surface area contributed by atoms with Crippen LogP contribution in [0.2, 0.25) is 0 Å². The fourth-order valence-electron chi connectivity index (χ4n) is 2.21. The highest BCUT2D eigenvalue weighted by atomic mass is 19.4. The van der Waals surface area contributed by atoms with E-state index in [1.165, 1.54) is 24.5 Å². The summed E-state index contributed by atoms with van der Waals surface area (Å²) in [6, 6.07) is 12.7. The van der Waals surface area contributed by atoms with Crippen molar-refractivity contribution < 1.29 is 18.0 Å². The molecular weight excluding hydrogens is 371 g/mol. The van der Waals surface area contributed by atoms with Crippen LogP contribution in [-0.2, 0) is 6.18 Å². The van der Waals surface area contributed by atoms with Crippen LogP contribution in [-0.4, -0.2) is 15.9 Å². The van der Waals surface area contributed by atoms with Gasteiger partial charge in [-0.3, -0.25) is 4.79 Å². The number of hydrogen-bond acceptors (Lipinski definition) is 5. The molecule has 6 nitrogen and oxygen atoms in total. The van der Waals surface area contributed by atoms with Crippen LogP contribution in [0.15, 0.2) is 60.9 Å². The van der Waals surface area contributed by atoms with Gasteiger partial charge in [0.1, 0.15) is 0 Å². The molecule has 28 heavy (non-hydrogen) atoms. The van der Waals surface area contributed by atoms with Crippen LogP contribution in [0.4, 0.5) is 30.5 Å². The minimum Gasteiger partial charge on any atom is -0.324 e. The van der Waals surface area contributed by atoms with Crippen molar-refractivity contribution in [3.05, 3.63) is 77.6 Å². The first-order valence-electron chi connectivity index (χ1n) is 7.93. The number of nitriles is 1. The Balaban J connectivity index is 1.64. The number of anilines is 3. The molecule has 2 N–H and O–H groups in total. The molecule has 3 rings (SSSR count). The Morgan fingerprint density at radius 2 is 1.50 bits per heavy atom. The third-order valence-electron chi connectivity index (χ3n) is 3.65. The SMILES string of the molecule is N#Cc1ccc(NC(=O)c2cnc(Nc3ccc(C(F)(F)F)cc3)nc2)cc1. The molecule has 0 saturated carbocycles. The molecule has 2 aromatic carbocycles.